The molecule has 0 radical (unpaired) electrons. The van der Waals surface area contributed by atoms with E-state index in [9.17, 15) is 9.90 Å². The van der Waals surface area contributed by atoms with E-state index >= 15 is 0 Å². The van der Waals surface area contributed by atoms with Crippen LogP contribution in [0.4, 0.5) is 0 Å². The first-order valence-electron chi connectivity index (χ1n) is 11.2. The molecule has 0 spiro atoms. The van der Waals surface area contributed by atoms with Gasteiger partial charge in [0.25, 0.3) is 0 Å². The van der Waals surface area contributed by atoms with E-state index in [0.717, 1.165) is 36.1 Å². The topological polar surface area (TPSA) is 78.8 Å². The zero-order valence-electron chi connectivity index (χ0n) is 18.3. The lowest BCUT2D eigenvalue weighted by Gasteiger charge is -2.27. The molecule has 1 aliphatic rings. The average Bonchev–Trinajstić information content (AvgIpc) is 2.82. The molecule has 0 amide bonds. The van der Waals surface area contributed by atoms with Gasteiger partial charge in [-0.05, 0) is 77.9 Å². The molecule has 172 valence electrons. The van der Waals surface area contributed by atoms with E-state index in [0.29, 0.717) is 30.6 Å². The Morgan fingerprint density at radius 2 is 1.91 bits per heavy atom. The number of benzene rings is 3. The van der Waals surface area contributed by atoms with Crippen LogP contribution in [-0.2, 0) is 19.3 Å². The first kappa shape index (κ1) is 23.3. The summed E-state index contributed by atoms with van der Waals surface area (Å²) in [6.45, 7) is 1.01. The van der Waals surface area contributed by atoms with Crippen LogP contribution in [0.3, 0.4) is 0 Å². The maximum Gasteiger partial charge on any atom is 0.335 e. The first-order valence-corrected chi connectivity index (χ1v) is 11.6. The SMILES string of the molecule is O=C(O)c1ccc(CCOc2ccc3c(c2)C[C@@H](NC[C@H](O)c2cccc(Cl)c2)CC3)cc1. The van der Waals surface area contributed by atoms with Crippen molar-refractivity contribution < 1.29 is 19.7 Å². The fraction of sp³-hybridized carbons (Fsp3) is 0.296. The van der Waals surface area contributed by atoms with E-state index in [1.54, 1.807) is 24.3 Å². The third-order valence-electron chi connectivity index (χ3n) is 6.10. The number of fused-ring (bicyclic) bond motifs is 1. The van der Waals surface area contributed by atoms with Gasteiger partial charge in [-0.1, -0.05) is 41.9 Å². The lowest BCUT2D eigenvalue weighted by atomic mass is 9.88. The van der Waals surface area contributed by atoms with E-state index in [1.165, 1.54) is 11.1 Å². The van der Waals surface area contributed by atoms with Crippen LogP contribution in [0.15, 0.2) is 66.7 Å². The molecule has 2 atom stereocenters. The summed E-state index contributed by atoms with van der Waals surface area (Å²) in [6, 6.07) is 20.8. The quantitative estimate of drug-likeness (QED) is 0.421. The van der Waals surface area contributed by atoms with Gasteiger partial charge < -0.3 is 20.3 Å². The number of aryl methyl sites for hydroxylation is 1. The highest BCUT2D eigenvalue weighted by molar-refractivity contribution is 6.30. The van der Waals surface area contributed by atoms with Gasteiger partial charge in [-0.25, -0.2) is 4.79 Å². The van der Waals surface area contributed by atoms with Crippen LogP contribution in [0.1, 0.15) is 45.1 Å². The number of ether oxygens (including phenoxy) is 1. The van der Waals surface area contributed by atoms with E-state index in [-0.39, 0.29) is 5.56 Å². The molecule has 3 aromatic carbocycles. The van der Waals surface area contributed by atoms with Gasteiger partial charge in [0.2, 0.25) is 0 Å². The fourth-order valence-corrected chi connectivity index (χ4v) is 4.41. The van der Waals surface area contributed by atoms with Gasteiger partial charge in [-0.2, -0.15) is 0 Å². The molecular formula is C27H28ClNO4. The molecule has 3 aromatic rings. The van der Waals surface area contributed by atoms with Crippen molar-refractivity contribution in [2.45, 2.75) is 37.8 Å². The minimum absolute atomic E-state index is 0.289. The number of hydrogen-bond acceptors (Lipinski definition) is 4. The smallest absolute Gasteiger partial charge is 0.335 e. The van der Waals surface area contributed by atoms with Crippen molar-refractivity contribution in [3.63, 3.8) is 0 Å². The predicted molar refractivity (Wildman–Crippen MR) is 129 cm³/mol. The molecule has 0 saturated heterocycles. The van der Waals surface area contributed by atoms with Crippen molar-refractivity contribution >= 4 is 17.6 Å². The van der Waals surface area contributed by atoms with Crippen LogP contribution in [-0.4, -0.2) is 35.4 Å². The van der Waals surface area contributed by atoms with Gasteiger partial charge in [0.1, 0.15) is 5.75 Å². The summed E-state index contributed by atoms with van der Waals surface area (Å²) < 4.78 is 5.97. The zero-order valence-corrected chi connectivity index (χ0v) is 19.1. The number of rotatable bonds is 9. The molecule has 1 aliphatic carbocycles. The molecule has 0 bridgehead atoms. The molecule has 6 heteroatoms. The first-order chi connectivity index (χ1) is 16.0. The molecule has 0 unspecified atom stereocenters. The van der Waals surface area contributed by atoms with Crippen molar-refractivity contribution in [3.05, 3.63) is 99.6 Å². The molecule has 0 aromatic heterocycles. The number of halogens is 1. The van der Waals surface area contributed by atoms with E-state index in [2.05, 4.69) is 17.4 Å². The molecule has 3 N–H and O–H groups in total. The third-order valence-corrected chi connectivity index (χ3v) is 6.33. The number of hydrogen-bond donors (Lipinski definition) is 3. The van der Waals surface area contributed by atoms with Crippen LogP contribution in [0.2, 0.25) is 5.02 Å². The van der Waals surface area contributed by atoms with Gasteiger partial charge in [0, 0.05) is 24.0 Å². The van der Waals surface area contributed by atoms with Crippen LogP contribution in [0.25, 0.3) is 0 Å². The van der Waals surface area contributed by atoms with E-state index < -0.39 is 12.1 Å². The predicted octanol–water partition coefficient (Wildman–Crippen LogP) is 4.84. The molecule has 0 heterocycles. The van der Waals surface area contributed by atoms with Crippen LogP contribution in [0, 0.1) is 0 Å². The number of carboxylic acids is 1. The molecular weight excluding hydrogens is 438 g/mol. The highest BCUT2D eigenvalue weighted by Crippen LogP contribution is 2.26. The second-order valence-corrected chi connectivity index (χ2v) is 8.89. The number of aliphatic hydroxyl groups excluding tert-OH is 1. The highest BCUT2D eigenvalue weighted by Gasteiger charge is 2.20. The van der Waals surface area contributed by atoms with Crippen molar-refractivity contribution in [2.75, 3.05) is 13.2 Å². The lowest BCUT2D eigenvalue weighted by molar-refractivity contribution is 0.0697. The van der Waals surface area contributed by atoms with Crippen LogP contribution in [0.5, 0.6) is 5.75 Å². The summed E-state index contributed by atoms with van der Waals surface area (Å²) in [5.74, 6) is -0.0749. The minimum atomic E-state index is -0.918. The summed E-state index contributed by atoms with van der Waals surface area (Å²) >= 11 is 6.03. The Morgan fingerprint density at radius 1 is 1.09 bits per heavy atom. The van der Waals surface area contributed by atoms with Gasteiger partial charge in [0.05, 0.1) is 18.3 Å². The van der Waals surface area contributed by atoms with Crippen LogP contribution >= 0.6 is 11.6 Å². The Kier molecular flexibility index (Phi) is 7.65. The number of nitrogens with one attached hydrogen (secondary N) is 1. The maximum atomic E-state index is 11.0. The Balaban J connectivity index is 1.28. The van der Waals surface area contributed by atoms with Crippen molar-refractivity contribution in [1.29, 1.82) is 0 Å². The summed E-state index contributed by atoms with van der Waals surface area (Å²) in [7, 11) is 0. The monoisotopic (exact) mass is 465 g/mol. The normalized spacial score (nSPS) is 16.1. The molecule has 0 saturated carbocycles. The number of aromatic carboxylic acids is 1. The Bertz CT molecular complexity index is 1100. The van der Waals surface area contributed by atoms with E-state index in [1.807, 2.05) is 30.3 Å². The second kappa shape index (κ2) is 10.8. The zero-order chi connectivity index (χ0) is 23.2. The Morgan fingerprint density at radius 3 is 2.67 bits per heavy atom. The highest BCUT2D eigenvalue weighted by atomic mass is 35.5. The summed E-state index contributed by atoms with van der Waals surface area (Å²) in [5.41, 5.74) is 4.77. The number of carbonyl (C=O) groups is 1. The van der Waals surface area contributed by atoms with Gasteiger partial charge >= 0.3 is 5.97 Å². The van der Waals surface area contributed by atoms with Crippen molar-refractivity contribution in [1.82, 2.24) is 5.32 Å². The summed E-state index contributed by atoms with van der Waals surface area (Å²) in [6.07, 6.45) is 3.04. The minimum Gasteiger partial charge on any atom is -0.493 e. The lowest BCUT2D eigenvalue weighted by Crippen LogP contribution is -2.37. The van der Waals surface area contributed by atoms with Crippen molar-refractivity contribution in [2.24, 2.45) is 0 Å². The molecule has 33 heavy (non-hydrogen) atoms. The average molecular weight is 466 g/mol. The standard InChI is InChI=1S/C27H28ClNO4/c28-23-3-1-2-21(14-23)26(30)17-29-24-10-8-19-9-11-25(16-22(19)15-24)33-13-12-18-4-6-20(7-5-18)27(31)32/h1-7,9,11,14,16,24,26,29-30H,8,10,12-13,15,17H2,(H,31,32)/t24-,26-/m0/s1. The largest absolute Gasteiger partial charge is 0.493 e. The molecule has 0 aliphatic heterocycles. The fourth-order valence-electron chi connectivity index (χ4n) is 4.21. The van der Waals surface area contributed by atoms with Crippen LogP contribution < -0.4 is 10.1 Å². The Hall–Kier alpha value is -2.86. The number of carboxylic acid groups (broad SMARTS) is 1. The Labute approximate surface area is 199 Å². The second-order valence-electron chi connectivity index (χ2n) is 8.45. The van der Waals surface area contributed by atoms with Gasteiger partial charge in [-0.15, -0.1) is 0 Å². The van der Waals surface area contributed by atoms with Gasteiger partial charge in [0.15, 0.2) is 0 Å². The van der Waals surface area contributed by atoms with Gasteiger partial charge in [-0.3, -0.25) is 0 Å². The summed E-state index contributed by atoms with van der Waals surface area (Å²) in [5, 5.41) is 23.6. The van der Waals surface area contributed by atoms with Crippen molar-refractivity contribution in [3.8, 4) is 5.75 Å². The summed E-state index contributed by atoms with van der Waals surface area (Å²) in [4.78, 5) is 11.0. The molecule has 5 nitrogen and oxygen atoms in total. The number of aliphatic hydroxyl groups is 1. The third kappa shape index (κ3) is 6.35. The maximum absolute atomic E-state index is 11.0. The molecule has 4 rings (SSSR count). The molecule has 0 fully saturated rings. The van der Waals surface area contributed by atoms with E-state index in [4.69, 9.17) is 21.4 Å².